The van der Waals surface area contributed by atoms with Crippen LogP contribution in [0.4, 0.5) is 16.2 Å². The van der Waals surface area contributed by atoms with Crippen LogP contribution in [-0.4, -0.2) is 19.0 Å². The zero-order valence-electron chi connectivity index (χ0n) is 11.6. The van der Waals surface area contributed by atoms with Crippen molar-refractivity contribution in [2.24, 2.45) is 0 Å². The Kier molecular flexibility index (Phi) is 5.41. The first-order valence-corrected chi connectivity index (χ1v) is 7.52. The topological polar surface area (TPSA) is 70.2 Å². The Morgan fingerprint density at radius 2 is 1.86 bits per heavy atom. The number of carbonyl (C=O) groups is 2. The van der Waals surface area contributed by atoms with Crippen molar-refractivity contribution in [2.75, 3.05) is 17.7 Å². The predicted molar refractivity (Wildman–Crippen MR) is 91.6 cm³/mol. The molecule has 22 heavy (non-hydrogen) atoms. The Hall–Kier alpha value is -2.05. The first-order valence-electron chi connectivity index (χ1n) is 6.35. The number of rotatable bonds is 3. The van der Waals surface area contributed by atoms with Crippen LogP contribution in [0.2, 0.25) is 5.02 Å². The van der Waals surface area contributed by atoms with E-state index < -0.39 is 6.03 Å². The van der Waals surface area contributed by atoms with Gasteiger partial charge in [0.05, 0.1) is 11.3 Å². The maximum absolute atomic E-state index is 12.1. The minimum atomic E-state index is -0.467. The summed E-state index contributed by atoms with van der Waals surface area (Å²) < 4.78 is 0.846. The maximum atomic E-state index is 12.1. The van der Waals surface area contributed by atoms with Gasteiger partial charge >= 0.3 is 6.03 Å². The molecule has 0 heterocycles. The van der Waals surface area contributed by atoms with E-state index in [0.29, 0.717) is 22.0 Å². The van der Waals surface area contributed by atoms with Gasteiger partial charge in [-0.05, 0) is 36.4 Å². The summed E-state index contributed by atoms with van der Waals surface area (Å²) in [5, 5.41) is 8.24. The normalized spacial score (nSPS) is 9.95. The molecule has 0 fully saturated rings. The van der Waals surface area contributed by atoms with Crippen LogP contribution in [0.15, 0.2) is 46.9 Å². The molecule has 3 N–H and O–H groups in total. The molecule has 0 bridgehead atoms. The van der Waals surface area contributed by atoms with E-state index in [1.54, 1.807) is 30.3 Å². The number of hydrogen-bond acceptors (Lipinski definition) is 2. The number of anilines is 2. The molecule has 0 aromatic heterocycles. The molecular formula is C15H13BrClN3O2. The van der Waals surface area contributed by atoms with Gasteiger partial charge in [0.25, 0.3) is 5.91 Å². The van der Waals surface area contributed by atoms with Crippen LogP contribution in [-0.2, 0) is 0 Å². The fraction of sp³-hybridized carbons (Fsp3) is 0.0667. The van der Waals surface area contributed by atoms with E-state index in [1.807, 2.05) is 6.07 Å². The summed E-state index contributed by atoms with van der Waals surface area (Å²) in [6.45, 7) is 0. The van der Waals surface area contributed by atoms with Crippen molar-refractivity contribution >= 4 is 50.8 Å². The summed E-state index contributed by atoms with van der Waals surface area (Å²) in [7, 11) is 1.52. The molecule has 0 aliphatic carbocycles. The van der Waals surface area contributed by atoms with Crippen molar-refractivity contribution in [2.45, 2.75) is 0 Å². The Morgan fingerprint density at radius 3 is 2.55 bits per heavy atom. The van der Waals surface area contributed by atoms with Gasteiger partial charge in [0.2, 0.25) is 0 Å². The zero-order chi connectivity index (χ0) is 16.1. The van der Waals surface area contributed by atoms with E-state index in [0.717, 1.165) is 4.47 Å². The SMILES string of the molecule is CNC(=O)c1ccc(Cl)cc1NC(=O)Nc1cccc(Br)c1. The molecule has 0 aliphatic rings. The molecule has 0 aliphatic heterocycles. The molecule has 5 nitrogen and oxygen atoms in total. The average molecular weight is 383 g/mol. The highest BCUT2D eigenvalue weighted by Gasteiger charge is 2.13. The summed E-state index contributed by atoms with van der Waals surface area (Å²) in [4.78, 5) is 23.9. The molecule has 7 heteroatoms. The van der Waals surface area contributed by atoms with E-state index in [9.17, 15) is 9.59 Å². The largest absolute Gasteiger partial charge is 0.355 e. The predicted octanol–water partition coefficient (Wildman–Crippen LogP) is 4.11. The lowest BCUT2D eigenvalue weighted by atomic mass is 10.1. The number of carbonyl (C=O) groups excluding carboxylic acids is 2. The third-order valence-corrected chi connectivity index (χ3v) is 3.51. The van der Waals surface area contributed by atoms with Crippen LogP contribution in [0.1, 0.15) is 10.4 Å². The van der Waals surface area contributed by atoms with Crippen molar-refractivity contribution in [3.05, 3.63) is 57.5 Å². The van der Waals surface area contributed by atoms with Crippen molar-refractivity contribution in [1.82, 2.24) is 5.32 Å². The van der Waals surface area contributed by atoms with Crippen LogP contribution in [0.25, 0.3) is 0 Å². The molecule has 0 saturated heterocycles. The Bertz CT molecular complexity index is 722. The quantitative estimate of drug-likeness (QED) is 0.748. The van der Waals surface area contributed by atoms with Crippen molar-refractivity contribution < 1.29 is 9.59 Å². The molecule has 2 aromatic carbocycles. The molecule has 3 amide bonds. The highest BCUT2D eigenvalue weighted by atomic mass is 79.9. The van der Waals surface area contributed by atoms with Gasteiger partial charge < -0.3 is 16.0 Å². The number of hydrogen-bond donors (Lipinski definition) is 3. The first-order chi connectivity index (χ1) is 10.5. The van der Waals surface area contributed by atoms with Gasteiger partial charge in [-0.1, -0.05) is 33.6 Å². The van der Waals surface area contributed by atoms with Crippen molar-refractivity contribution in [1.29, 1.82) is 0 Å². The van der Waals surface area contributed by atoms with E-state index in [4.69, 9.17) is 11.6 Å². The van der Waals surface area contributed by atoms with Crippen LogP contribution in [0, 0.1) is 0 Å². The molecule has 2 aromatic rings. The standard InChI is InChI=1S/C15H13BrClN3O2/c1-18-14(21)12-6-5-10(17)8-13(12)20-15(22)19-11-4-2-3-9(16)7-11/h2-8H,1H3,(H,18,21)(H2,19,20,22). The Morgan fingerprint density at radius 1 is 1.09 bits per heavy atom. The third-order valence-electron chi connectivity index (χ3n) is 2.78. The van der Waals surface area contributed by atoms with Gasteiger partial charge in [-0.3, -0.25) is 4.79 Å². The molecule has 0 spiro atoms. The number of amides is 3. The van der Waals surface area contributed by atoms with Crippen LogP contribution < -0.4 is 16.0 Å². The van der Waals surface area contributed by atoms with E-state index in [-0.39, 0.29) is 5.91 Å². The van der Waals surface area contributed by atoms with Crippen molar-refractivity contribution in [3.8, 4) is 0 Å². The molecule has 0 radical (unpaired) electrons. The lowest BCUT2D eigenvalue weighted by molar-refractivity contribution is 0.0964. The number of nitrogens with one attached hydrogen (secondary N) is 3. The maximum Gasteiger partial charge on any atom is 0.323 e. The summed E-state index contributed by atoms with van der Waals surface area (Å²) >= 11 is 9.25. The van der Waals surface area contributed by atoms with Gasteiger partial charge in [-0.15, -0.1) is 0 Å². The number of halogens is 2. The zero-order valence-corrected chi connectivity index (χ0v) is 14.0. The number of urea groups is 1. The van der Waals surface area contributed by atoms with Gasteiger partial charge in [-0.2, -0.15) is 0 Å². The van der Waals surface area contributed by atoms with Gasteiger partial charge in [0, 0.05) is 22.2 Å². The average Bonchev–Trinajstić information content (AvgIpc) is 2.46. The fourth-order valence-electron chi connectivity index (χ4n) is 1.80. The second-order valence-electron chi connectivity index (χ2n) is 4.36. The molecule has 2 rings (SSSR count). The smallest absolute Gasteiger partial charge is 0.323 e. The molecule has 0 atom stereocenters. The minimum Gasteiger partial charge on any atom is -0.355 e. The molecule has 0 saturated carbocycles. The highest BCUT2D eigenvalue weighted by Crippen LogP contribution is 2.22. The lowest BCUT2D eigenvalue weighted by Gasteiger charge is -2.12. The Balaban J connectivity index is 2.17. The first kappa shape index (κ1) is 16.3. The summed E-state index contributed by atoms with van der Waals surface area (Å²) in [6.07, 6.45) is 0. The third kappa shape index (κ3) is 4.22. The summed E-state index contributed by atoms with van der Waals surface area (Å²) in [6, 6.07) is 11.4. The van der Waals surface area contributed by atoms with E-state index in [1.165, 1.54) is 13.1 Å². The highest BCUT2D eigenvalue weighted by molar-refractivity contribution is 9.10. The summed E-state index contributed by atoms with van der Waals surface area (Å²) in [5.74, 6) is -0.311. The molecular weight excluding hydrogens is 370 g/mol. The fourth-order valence-corrected chi connectivity index (χ4v) is 2.37. The van der Waals surface area contributed by atoms with Gasteiger partial charge in [-0.25, -0.2) is 4.79 Å². The Labute approximate surface area is 141 Å². The van der Waals surface area contributed by atoms with Gasteiger partial charge in [0.1, 0.15) is 0 Å². The van der Waals surface area contributed by atoms with Crippen LogP contribution >= 0.6 is 27.5 Å². The number of benzene rings is 2. The lowest BCUT2D eigenvalue weighted by Crippen LogP contribution is -2.24. The van der Waals surface area contributed by atoms with E-state index >= 15 is 0 Å². The monoisotopic (exact) mass is 381 g/mol. The van der Waals surface area contributed by atoms with E-state index in [2.05, 4.69) is 31.9 Å². The van der Waals surface area contributed by atoms with Crippen LogP contribution in [0.3, 0.4) is 0 Å². The minimum absolute atomic E-state index is 0.311. The second-order valence-corrected chi connectivity index (χ2v) is 5.71. The van der Waals surface area contributed by atoms with Crippen molar-refractivity contribution in [3.63, 3.8) is 0 Å². The van der Waals surface area contributed by atoms with Gasteiger partial charge in [0.15, 0.2) is 0 Å². The van der Waals surface area contributed by atoms with Crippen LogP contribution in [0.5, 0.6) is 0 Å². The second kappa shape index (κ2) is 7.29. The molecule has 0 unspecified atom stereocenters. The molecule has 114 valence electrons. The summed E-state index contributed by atoms with van der Waals surface area (Å²) in [5.41, 5.74) is 1.28.